The van der Waals surface area contributed by atoms with E-state index in [9.17, 15) is 19.7 Å². The molecule has 0 aliphatic carbocycles. The normalized spacial score (nSPS) is 13.6. The first-order valence-electron chi connectivity index (χ1n) is 9.20. The number of hydrogen-bond donors (Lipinski definition) is 1. The molecule has 1 heterocycles. The van der Waals surface area contributed by atoms with E-state index >= 15 is 0 Å². The first-order chi connectivity index (χ1) is 14.0. The SMILES string of the molecule is O=C(COC(=O)c1ccc(N2CCCCC2)c([N+](=O)[O-])c1)Nc1ccccc1Cl. The highest BCUT2D eigenvalue weighted by molar-refractivity contribution is 6.33. The van der Waals surface area contributed by atoms with Crippen molar-refractivity contribution in [2.75, 3.05) is 29.9 Å². The zero-order valence-corrected chi connectivity index (χ0v) is 16.4. The van der Waals surface area contributed by atoms with Crippen LogP contribution in [0.5, 0.6) is 0 Å². The van der Waals surface area contributed by atoms with Gasteiger partial charge in [-0.25, -0.2) is 4.79 Å². The van der Waals surface area contributed by atoms with Crippen molar-refractivity contribution in [1.82, 2.24) is 0 Å². The Morgan fingerprint density at radius 3 is 2.55 bits per heavy atom. The van der Waals surface area contributed by atoms with Crippen LogP contribution in [0.1, 0.15) is 29.6 Å². The summed E-state index contributed by atoms with van der Waals surface area (Å²) in [5.74, 6) is -1.38. The molecule has 0 bridgehead atoms. The highest BCUT2D eigenvalue weighted by Gasteiger charge is 2.23. The van der Waals surface area contributed by atoms with Crippen molar-refractivity contribution in [2.45, 2.75) is 19.3 Å². The minimum Gasteiger partial charge on any atom is -0.452 e. The lowest BCUT2D eigenvalue weighted by molar-refractivity contribution is -0.384. The average Bonchev–Trinajstić information content (AvgIpc) is 2.74. The summed E-state index contributed by atoms with van der Waals surface area (Å²) in [7, 11) is 0. The van der Waals surface area contributed by atoms with Crippen molar-refractivity contribution in [3.05, 3.63) is 63.2 Å². The number of amides is 1. The first kappa shape index (κ1) is 20.6. The Labute approximate surface area is 172 Å². The van der Waals surface area contributed by atoms with Crippen molar-refractivity contribution < 1.29 is 19.2 Å². The number of ether oxygens (including phenoxy) is 1. The molecule has 9 heteroatoms. The third kappa shape index (κ3) is 5.23. The van der Waals surface area contributed by atoms with Crippen LogP contribution in [-0.2, 0) is 9.53 Å². The molecule has 0 spiro atoms. The van der Waals surface area contributed by atoms with Gasteiger partial charge in [-0.15, -0.1) is 0 Å². The number of nitro benzene ring substituents is 1. The van der Waals surface area contributed by atoms with Crippen LogP contribution < -0.4 is 10.2 Å². The van der Waals surface area contributed by atoms with Gasteiger partial charge in [0.25, 0.3) is 11.6 Å². The number of carbonyl (C=O) groups is 2. The van der Waals surface area contributed by atoms with Crippen LogP contribution in [0.15, 0.2) is 42.5 Å². The van der Waals surface area contributed by atoms with E-state index in [4.69, 9.17) is 16.3 Å². The summed E-state index contributed by atoms with van der Waals surface area (Å²) in [6.45, 7) is 0.950. The van der Waals surface area contributed by atoms with Crippen molar-refractivity contribution in [2.24, 2.45) is 0 Å². The molecule has 152 valence electrons. The molecule has 3 rings (SSSR count). The largest absolute Gasteiger partial charge is 0.452 e. The van der Waals surface area contributed by atoms with Crippen LogP contribution in [0.2, 0.25) is 5.02 Å². The molecule has 1 fully saturated rings. The number of nitrogens with zero attached hydrogens (tertiary/aromatic N) is 2. The average molecular weight is 418 g/mol. The maximum Gasteiger partial charge on any atom is 0.338 e. The summed E-state index contributed by atoms with van der Waals surface area (Å²) in [5.41, 5.74) is 0.754. The standard InChI is InChI=1S/C20H20ClN3O5/c21-15-6-2-3-7-16(15)22-19(25)13-29-20(26)14-8-9-17(18(12-14)24(27)28)23-10-4-1-5-11-23/h2-3,6-9,12H,1,4-5,10-11,13H2,(H,22,25). The second kappa shape index (κ2) is 9.38. The molecule has 2 aromatic rings. The van der Waals surface area contributed by atoms with Gasteiger partial charge >= 0.3 is 5.97 Å². The maximum absolute atomic E-state index is 12.3. The number of nitrogens with one attached hydrogen (secondary N) is 1. The Balaban J connectivity index is 1.65. The summed E-state index contributed by atoms with van der Waals surface area (Å²) < 4.78 is 4.99. The predicted octanol–water partition coefficient (Wildman–Crippen LogP) is 4.03. The Bertz CT molecular complexity index is 928. The van der Waals surface area contributed by atoms with Crippen molar-refractivity contribution in [3.63, 3.8) is 0 Å². The maximum atomic E-state index is 12.3. The van der Waals surface area contributed by atoms with Gasteiger partial charge in [-0.3, -0.25) is 14.9 Å². The number of anilines is 2. The molecule has 0 atom stereocenters. The molecule has 1 aliphatic rings. The van der Waals surface area contributed by atoms with Gasteiger partial charge in [-0.2, -0.15) is 0 Å². The van der Waals surface area contributed by atoms with Crippen LogP contribution in [-0.4, -0.2) is 36.5 Å². The highest BCUT2D eigenvalue weighted by atomic mass is 35.5. The van der Waals surface area contributed by atoms with E-state index < -0.39 is 23.4 Å². The van der Waals surface area contributed by atoms with E-state index in [-0.39, 0.29) is 11.3 Å². The van der Waals surface area contributed by atoms with E-state index in [0.717, 1.165) is 32.4 Å². The van der Waals surface area contributed by atoms with E-state index in [2.05, 4.69) is 5.32 Å². The number of piperidine rings is 1. The van der Waals surface area contributed by atoms with E-state index in [0.29, 0.717) is 16.4 Å². The molecule has 0 radical (unpaired) electrons. The van der Waals surface area contributed by atoms with E-state index in [1.54, 1.807) is 30.3 Å². The monoisotopic (exact) mass is 417 g/mol. The lowest BCUT2D eigenvalue weighted by Gasteiger charge is -2.28. The Morgan fingerprint density at radius 2 is 1.86 bits per heavy atom. The summed E-state index contributed by atoms with van der Waals surface area (Å²) in [5, 5.41) is 14.4. The number of rotatable bonds is 6. The lowest BCUT2D eigenvalue weighted by Crippen LogP contribution is -2.30. The van der Waals surface area contributed by atoms with E-state index in [1.165, 1.54) is 12.1 Å². The minimum absolute atomic E-state index is 0.0167. The topological polar surface area (TPSA) is 102 Å². The molecule has 1 saturated heterocycles. The second-order valence-corrected chi connectivity index (χ2v) is 7.02. The quantitative estimate of drug-likeness (QED) is 0.432. The Kier molecular flexibility index (Phi) is 6.66. The number of nitro groups is 1. The smallest absolute Gasteiger partial charge is 0.338 e. The Hall–Kier alpha value is -3.13. The fourth-order valence-corrected chi connectivity index (χ4v) is 3.35. The molecule has 1 aliphatic heterocycles. The van der Waals surface area contributed by atoms with Crippen molar-refractivity contribution in [1.29, 1.82) is 0 Å². The molecule has 2 aromatic carbocycles. The zero-order valence-electron chi connectivity index (χ0n) is 15.6. The van der Waals surface area contributed by atoms with Crippen LogP contribution >= 0.6 is 11.6 Å². The molecule has 0 aromatic heterocycles. The summed E-state index contributed by atoms with van der Waals surface area (Å²) in [4.78, 5) is 37.2. The van der Waals surface area contributed by atoms with Gasteiger partial charge in [0.15, 0.2) is 6.61 Å². The minimum atomic E-state index is -0.812. The second-order valence-electron chi connectivity index (χ2n) is 6.61. The molecule has 1 amide bonds. The fraction of sp³-hybridized carbons (Fsp3) is 0.300. The summed E-state index contributed by atoms with van der Waals surface area (Å²) in [6, 6.07) is 10.9. The van der Waals surface area contributed by atoms with E-state index in [1.807, 2.05) is 4.90 Å². The third-order valence-electron chi connectivity index (χ3n) is 4.59. The van der Waals surface area contributed by atoms with Crippen molar-refractivity contribution in [3.8, 4) is 0 Å². The molecule has 0 unspecified atom stereocenters. The fourth-order valence-electron chi connectivity index (χ4n) is 3.16. The summed E-state index contributed by atoms with van der Waals surface area (Å²) in [6.07, 6.45) is 3.05. The highest BCUT2D eigenvalue weighted by Crippen LogP contribution is 2.31. The number of carbonyl (C=O) groups excluding carboxylic acids is 2. The number of hydrogen-bond acceptors (Lipinski definition) is 6. The van der Waals surface area contributed by atoms with Crippen LogP contribution in [0.4, 0.5) is 17.1 Å². The third-order valence-corrected chi connectivity index (χ3v) is 4.92. The van der Waals surface area contributed by atoms with Gasteiger partial charge in [0.1, 0.15) is 5.69 Å². The molecule has 0 saturated carbocycles. The predicted molar refractivity (Wildman–Crippen MR) is 110 cm³/mol. The van der Waals surface area contributed by atoms with Crippen LogP contribution in [0.3, 0.4) is 0 Å². The summed E-state index contributed by atoms with van der Waals surface area (Å²) >= 11 is 5.96. The molecular weight excluding hydrogens is 398 g/mol. The van der Waals surface area contributed by atoms with Gasteiger partial charge < -0.3 is 15.0 Å². The number of halogens is 1. The zero-order chi connectivity index (χ0) is 20.8. The van der Waals surface area contributed by atoms with Gasteiger partial charge in [0, 0.05) is 19.2 Å². The first-order valence-corrected chi connectivity index (χ1v) is 9.58. The molecule has 1 N–H and O–H groups in total. The van der Waals surface area contributed by atoms with Gasteiger partial charge in [0.2, 0.25) is 0 Å². The molecule has 29 heavy (non-hydrogen) atoms. The van der Waals surface area contributed by atoms with Gasteiger partial charge in [0.05, 0.1) is 21.2 Å². The molecule has 8 nitrogen and oxygen atoms in total. The Morgan fingerprint density at radius 1 is 1.14 bits per heavy atom. The number of para-hydroxylation sites is 1. The lowest BCUT2D eigenvalue weighted by atomic mass is 10.1. The van der Waals surface area contributed by atoms with Crippen molar-refractivity contribution >= 4 is 40.5 Å². The van der Waals surface area contributed by atoms with Crippen LogP contribution in [0.25, 0.3) is 0 Å². The number of esters is 1. The van der Waals surface area contributed by atoms with Gasteiger partial charge in [-0.1, -0.05) is 23.7 Å². The van der Waals surface area contributed by atoms with Gasteiger partial charge in [-0.05, 0) is 43.5 Å². The number of benzene rings is 2. The van der Waals surface area contributed by atoms with Crippen LogP contribution in [0, 0.1) is 10.1 Å². The molecular formula is C20H20ClN3O5.